The normalized spacial score (nSPS) is 17.1. The van der Waals surface area contributed by atoms with Crippen LogP contribution in [0.1, 0.15) is 28.0 Å². The molecule has 1 aromatic heterocycles. The van der Waals surface area contributed by atoms with E-state index >= 15 is 0 Å². The number of aryl methyl sites for hydroxylation is 2. The number of halogens is 1. The zero-order chi connectivity index (χ0) is 24.9. The number of nitrogens with one attached hydrogen (secondary N) is 2. The molecule has 2 aromatic rings. The summed E-state index contributed by atoms with van der Waals surface area (Å²) in [5.41, 5.74) is 0.300. The van der Waals surface area contributed by atoms with Gasteiger partial charge in [-0.3, -0.25) is 4.79 Å². The number of anilines is 1. The van der Waals surface area contributed by atoms with E-state index in [1.807, 2.05) is 4.72 Å². The average Bonchev–Trinajstić information content (AvgIpc) is 3.08. The van der Waals surface area contributed by atoms with Crippen LogP contribution in [0.25, 0.3) is 0 Å². The first-order valence-corrected chi connectivity index (χ1v) is 11.7. The third-order valence-electron chi connectivity index (χ3n) is 4.91. The zero-order valence-corrected chi connectivity index (χ0v) is 19.6. The third-order valence-corrected chi connectivity index (χ3v) is 6.40. The van der Waals surface area contributed by atoms with E-state index in [1.165, 1.54) is 26.2 Å². The summed E-state index contributed by atoms with van der Waals surface area (Å²) in [7, 11) is -2.65. The van der Waals surface area contributed by atoms with Gasteiger partial charge in [0.2, 0.25) is 0 Å². The fourth-order valence-corrected chi connectivity index (χ4v) is 4.24. The minimum absolute atomic E-state index is 0.0581. The summed E-state index contributed by atoms with van der Waals surface area (Å²) in [6.07, 6.45) is 0.0440. The lowest BCUT2D eigenvalue weighted by molar-refractivity contribution is 0.00560. The number of hydrogen-bond donors (Lipinski definition) is 2. The molecule has 0 unspecified atom stereocenters. The van der Waals surface area contributed by atoms with Gasteiger partial charge >= 0.3 is 22.3 Å². The number of amides is 2. The summed E-state index contributed by atoms with van der Waals surface area (Å²) < 4.78 is 62.4. The van der Waals surface area contributed by atoms with Gasteiger partial charge in [0.1, 0.15) is 17.8 Å². The Morgan fingerprint density at radius 1 is 1.26 bits per heavy atom. The van der Waals surface area contributed by atoms with Crippen LogP contribution in [-0.2, 0) is 19.7 Å². The number of hydrogen-bond acceptors (Lipinski definition) is 9. The van der Waals surface area contributed by atoms with Crippen LogP contribution in [-0.4, -0.2) is 69.2 Å². The minimum Gasteiger partial charge on any atom is -0.431 e. The van der Waals surface area contributed by atoms with Crippen LogP contribution in [0.15, 0.2) is 22.8 Å². The van der Waals surface area contributed by atoms with E-state index in [0.29, 0.717) is 18.6 Å². The second-order valence-electron chi connectivity index (χ2n) is 7.49. The molecule has 0 saturated carbocycles. The van der Waals surface area contributed by atoms with E-state index in [2.05, 4.69) is 10.3 Å². The summed E-state index contributed by atoms with van der Waals surface area (Å²) in [5, 5.41) is 2.18. The predicted molar refractivity (Wildman–Crippen MR) is 116 cm³/mol. The molecule has 0 radical (unpaired) electrons. The number of methoxy groups -OCH3 is 1. The molecular formula is C20H25FN4O8S. The van der Waals surface area contributed by atoms with E-state index in [4.69, 9.17) is 18.6 Å². The second-order valence-corrected chi connectivity index (χ2v) is 9.16. The highest BCUT2D eigenvalue weighted by Gasteiger charge is 2.29. The van der Waals surface area contributed by atoms with Crippen LogP contribution in [0.5, 0.6) is 5.75 Å². The number of rotatable bonds is 7. The van der Waals surface area contributed by atoms with Crippen molar-refractivity contribution in [2.45, 2.75) is 26.4 Å². The molecular weight excluding hydrogens is 475 g/mol. The molecule has 1 fully saturated rings. The molecule has 2 amide bonds. The fourth-order valence-electron chi connectivity index (χ4n) is 3.11. The van der Waals surface area contributed by atoms with Crippen molar-refractivity contribution in [1.82, 2.24) is 14.0 Å². The maximum absolute atomic E-state index is 13.6. The Labute approximate surface area is 195 Å². The van der Waals surface area contributed by atoms with E-state index in [1.54, 1.807) is 6.92 Å². The first kappa shape index (κ1) is 25.6. The number of nitrogens with zero attached hydrogens (tertiary/aromatic N) is 2. The van der Waals surface area contributed by atoms with Crippen LogP contribution >= 0.6 is 0 Å². The number of oxazole rings is 1. The molecule has 0 spiro atoms. The Balaban J connectivity index is 1.58. The van der Waals surface area contributed by atoms with Gasteiger partial charge in [0.05, 0.1) is 19.3 Å². The van der Waals surface area contributed by atoms with Crippen molar-refractivity contribution >= 4 is 28.2 Å². The first-order valence-electron chi connectivity index (χ1n) is 10.2. The molecule has 1 atom stereocenters. The Morgan fingerprint density at radius 3 is 2.76 bits per heavy atom. The number of aromatic nitrogens is 1. The van der Waals surface area contributed by atoms with Crippen molar-refractivity contribution < 1.29 is 41.0 Å². The van der Waals surface area contributed by atoms with Gasteiger partial charge < -0.3 is 18.6 Å². The molecule has 1 aliphatic rings. The topological polar surface area (TPSA) is 149 Å². The average molecular weight is 501 g/mol. The maximum Gasteiger partial charge on any atom is 0.420 e. The molecule has 1 aromatic carbocycles. The lowest BCUT2D eigenvalue weighted by Gasteiger charge is -2.19. The number of ether oxygens (including phenoxy) is 3. The SMILES string of the molecule is COC[C@H]1CCN(S(=O)(=O)NC(=O)c2coc(NC(=O)Oc3cc(C)c(F)cc3C)n2)CCO1. The minimum atomic E-state index is -4.17. The Morgan fingerprint density at radius 2 is 2.03 bits per heavy atom. The molecule has 1 saturated heterocycles. The van der Waals surface area contributed by atoms with Crippen molar-refractivity contribution in [2.75, 3.05) is 38.7 Å². The highest BCUT2D eigenvalue weighted by atomic mass is 32.2. The van der Waals surface area contributed by atoms with Gasteiger partial charge in [-0.15, -0.1) is 0 Å². The van der Waals surface area contributed by atoms with Gasteiger partial charge in [-0.05, 0) is 43.5 Å². The lowest BCUT2D eigenvalue weighted by Crippen LogP contribution is -2.44. The van der Waals surface area contributed by atoms with Crippen LogP contribution in [0.2, 0.25) is 0 Å². The molecule has 0 bridgehead atoms. The molecule has 1 aliphatic heterocycles. The number of benzene rings is 1. The first-order chi connectivity index (χ1) is 16.1. The molecule has 3 rings (SSSR count). The Hall–Kier alpha value is -3.07. The van der Waals surface area contributed by atoms with Crippen LogP contribution < -0.4 is 14.8 Å². The molecule has 34 heavy (non-hydrogen) atoms. The predicted octanol–water partition coefficient (Wildman–Crippen LogP) is 1.75. The fraction of sp³-hybridized carbons (Fsp3) is 0.450. The van der Waals surface area contributed by atoms with Crippen molar-refractivity contribution in [3.63, 3.8) is 0 Å². The van der Waals surface area contributed by atoms with Crippen molar-refractivity contribution in [3.8, 4) is 5.75 Å². The maximum atomic E-state index is 13.6. The number of carbonyl (C=O) groups excluding carboxylic acids is 2. The molecule has 2 heterocycles. The molecule has 14 heteroatoms. The Bertz CT molecular complexity index is 1150. The third kappa shape index (κ3) is 6.50. The summed E-state index contributed by atoms with van der Waals surface area (Å²) in [4.78, 5) is 28.2. The monoisotopic (exact) mass is 500 g/mol. The van der Waals surface area contributed by atoms with Gasteiger partial charge in [0.25, 0.3) is 5.91 Å². The summed E-state index contributed by atoms with van der Waals surface area (Å²) in [6, 6.07) is 2.18. The highest BCUT2D eigenvalue weighted by molar-refractivity contribution is 7.87. The number of carbonyl (C=O) groups is 2. The van der Waals surface area contributed by atoms with Crippen molar-refractivity contribution in [1.29, 1.82) is 0 Å². The van der Waals surface area contributed by atoms with Crippen LogP contribution in [0, 0.1) is 19.7 Å². The Kier molecular flexibility index (Phi) is 8.19. The molecule has 0 aliphatic carbocycles. The lowest BCUT2D eigenvalue weighted by atomic mass is 10.1. The van der Waals surface area contributed by atoms with Crippen molar-refractivity contribution in [2.24, 2.45) is 0 Å². The quantitative estimate of drug-likeness (QED) is 0.580. The van der Waals surface area contributed by atoms with Gasteiger partial charge in [0, 0.05) is 20.2 Å². The molecule has 12 nitrogen and oxygen atoms in total. The van der Waals surface area contributed by atoms with Gasteiger partial charge in [-0.25, -0.2) is 19.2 Å². The summed E-state index contributed by atoms with van der Waals surface area (Å²) in [5.74, 6) is -1.36. The summed E-state index contributed by atoms with van der Waals surface area (Å²) in [6.45, 7) is 3.75. The smallest absolute Gasteiger partial charge is 0.420 e. The molecule has 2 N–H and O–H groups in total. The zero-order valence-electron chi connectivity index (χ0n) is 18.8. The standard InChI is InChI=1S/C20H25FN4O8S/c1-12-9-17(13(2)8-15(12)21)33-20(27)23-19-22-16(11-32-19)18(26)24-34(28,29)25-5-4-14(10-30-3)31-7-6-25/h8-9,11,14H,4-7,10H2,1-3H3,(H,24,26)(H,22,23,27)/t14-/m1/s1. The van der Waals surface area contributed by atoms with Crippen LogP contribution in [0.4, 0.5) is 15.2 Å². The van der Waals surface area contributed by atoms with Crippen LogP contribution in [0.3, 0.4) is 0 Å². The van der Waals surface area contributed by atoms with Crippen molar-refractivity contribution in [3.05, 3.63) is 41.0 Å². The van der Waals surface area contributed by atoms with E-state index in [0.717, 1.165) is 10.6 Å². The second kappa shape index (κ2) is 10.9. The van der Waals surface area contributed by atoms with E-state index in [-0.39, 0.29) is 42.8 Å². The van der Waals surface area contributed by atoms with E-state index < -0.39 is 34.0 Å². The van der Waals surface area contributed by atoms with Gasteiger partial charge in [-0.1, -0.05) is 0 Å². The summed E-state index contributed by atoms with van der Waals surface area (Å²) >= 11 is 0. The largest absolute Gasteiger partial charge is 0.431 e. The highest BCUT2D eigenvalue weighted by Crippen LogP contribution is 2.22. The van der Waals surface area contributed by atoms with E-state index in [9.17, 15) is 22.4 Å². The van der Waals surface area contributed by atoms with Gasteiger partial charge in [-0.2, -0.15) is 17.7 Å². The molecule has 186 valence electrons. The van der Waals surface area contributed by atoms with Gasteiger partial charge in [0.15, 0.2) is 5.69 Å².